The van der Waals surface area contributed by atoms with E-state index < -0.39 is 19.2 Å². The van der Waals surface area contributed by atoms with Gasteiger partial charge >= 0.3 is 5.97 Å². The van der Waals surface area contributed by atoms with Crippen molar-refractivity contribution in [2.45, 2.75) is 13.2 Å². The van der Waals surface area contributed by atoms with Gasteiger partial charge in [-0.15, -0.1) is 0 Å². The van der Waals surface area contributed by atoms with Crippen molar-refractivity contribution < 1.29 is 25.2 Å². The Bertz CT molecular complexity index is 333. The molecule has 5 nitrogen and oxygen atoms in total. The molecule has 0 spiro atoms. The third-order valence-electron chi connectivity index (χ3n) is 1.84. The first-order valence-corrected chi connectivity index (χ1v) is 3.90. The lowest BCUT2D eigenvalue weighted by molar-refractivity contribution is 0.0689. The van der Waals surface area contributed by atoms with Gasteiger partial charge in [0, 0.05) is 0 Å². The molecule has 0 radical (unpaired) electrons. The third-order valence-corrected chi connectivity index (χ3v) is 1.84. The Balaban J connectivity index is 3.40. The Labute approximate surface area is 79.9 Å². The number of hydrogen-bond acceptors (Lipinski definition) is 4. The Morgan fingerprint density at radius 3 is 1.86 bits per heavy atom. The quantitative estimate of drug-likeness (QED) is 0.551. The SMILES string of the molecule is O=C(O)c1c(CO)cc(O)cc1CO. The molecule has 14 heavy (non-hydrogen) atoms. The lowest BCUT2D eigenvalue weighted by Gasteiger charge is -2.08. The molecule has 5 heteroatoms. The van der Waals surface area contributed by atoms with E-state index in [-0.39, 0.29) is 22.4 Å². The largest absolute Gasteiger partial charge is 0.508 e. The monoisotopic (exact) mass is 198 g/mol. The summed E-state index contributed by atoms with van der Waals surface area (Å²) in [7, 11) is 0. The van der Waals surface area contributed by atoms with Gasteiger partial charge in [-0.25, -0.2) is 4.79 Å². The van der Waals surface area contributed by atoms with E-state index in [4.69, 9.17) is 20.4 Å². The highest BCUT2D eigenvalue weighted by molar-refractivity contribution is 5.91. The van der Waals surface area contributed by atoms with Gasteiger partial charge in [0.05, 0.1) is 18.8 Å². The zero-order chi connectivity index (χ0) is 10.7. The molecular weight excluding hydrogens is 188 g/mol. The summed E-state index contributed by atoms with van der Waals surface area (Å²) in [5.41, 5.74) is 0.0101. The van der Waals surface area contributed by atoms with E-state index in [0.717, 1.165) is 12.1 Å². The molecule has 1 aromatic carbocycles. The Kier molecular flexibility index (Phi) is 3.06. The number of aromatic hydroxyl groups is 1. The van der Waals surface area contributed by atoms with Crippen LogP contribution in [0, 0.1) is 0 Å². The van der Waals surface area contributed by atoms with Crippen molar-refractivity contribution in [1.82, 2.24) is 0 Å². The molecule has 0 aliphatic carbocycles. The fraction of sp³-hybridized carbons (Fsp3) is 0.222. The Morgan fingerprint density at radius 2 is 1.57 bits per heavy atom. The molecule has 4 N–H and O–H groups in total. The standard InChI is InChI=1S/C9H10O5/c10-3-5-1-7(12)2-6(4-11)8(5)9(13)14/h1-2,10-12H,3-4H2,(H,13,14). The average molecular weight is 198 g/mol. The molecule has 0 atom stereocenters. The van der Waals surface area contributed by atoms with E-state index in [1.54, 1.807) is 0 Å². The first-order chi connectivity index (χ1) is 6.60. The molecule has 0 fully saturated rings. The van der Waals surface area contributed by atoms with Gasteiger partial charge in [0.25, 0.3) is 0 Å². The van der Waals surface area contributed by atoms with Crippen LogP contribution in [-0.2, 0) is 13.2 Å². The summed E-state index contributed by atoms with van der Waals surface area (Å²) in [6.45, 7) is -0.994. The third kappa shape index (κ3) is 1.84. The summed E-state index contributed by atoms with van der Waals surface area (Å²) < 4.78 is 0. The number of aliphatic hydroxyl groups excluding tert-OH is 2. The second-order valence-corrected chi connectivity index (χ2v) is 2.76. The topological polar surface area (TPSA) is 98.0 Å². The van der Waals surface area contributed by atoms with Crippen molar-refractivity contribution in [2.24, 2.45) is 0 Å². The smallest absolute Gasteiger partial charge is 0.336 e. The number of aliphatic hydroxyl groups is 2. The number of carbonyl (C=O) groups is 1. The number of carboxylic acid groups (broad SMARTS) is 1. The molecule has 0 saturated carbocycles. The molecule has 1 rings (SSSR count). The fourth-order valence-electron chi connectivity index (χ4n) is 1.27. The minimum atomic E-state index is -1.24. The summed E-state index contributed by atoms with van der Waals surface area (Å²) in [5.74, 6) is -1.42. The van der Waals surface area contributed by atoms with Gasteiger partial charge < -0.3 is 20.4 Å². The van der Waals surface area contributed by atoms with Crippen LogP contribution in [0.1, 0.15) is 21.5 Å². The van der Waals surface area contributed by atoms with Crippen molar-refractivity contribution in [1.29, 1.82) is 0 Å². The summed E-state index contributed by atoms with van der Waals surface area (Å²) in [5, 5.41) is 35.7. The molecule has 0 saturated heterocycles. The van der Waals surface area contributed by atoms with Gasteiger partial charge in [0.2, 0.25) is 0 Å². The van der Waals surface area contributed by atoms with Crippen LogP contribution in [0.25, 0.3) is 0 Å². The lowest BCUT2D eigenvalue weighted by Crippen LogP contribution is -2.07. The Morgan fingerprint density at radius 1 is 1.14 bits per heavy atom. The number of carboxylic acids is 1. The zero-order valence-electron chi connectivity index (χ0n) is 7.27. The molecule has 0 amide bonds. The molecule has 76 valence electrons. The van der Waals surface area contributed by atoms with Gasteiger partial charge in [-0.3, -0.25) is 0 Å². The number of rotatable bonds is 3. The first-order valence-electron chi connectivity index (χ1n) is 3.90. The highest BCUT2D eigenvalue weighted by Gasteiger charge is 2.15. The number of hydrogen-bond donors (Lipinski definition) is 4. The number of aromatic carboxylic acids is 1. The normalized spacial score (nSPS) is 10.1. The molecule has 0 bridgehead atoms. The summed E-state index contributed by atoms with van der Waals surface area (Å²) in [6, 6.07) is 2.31. The summed E-state index contributed by atoms with van der Waals surface area (Å²) >= 11 is 0. The van der Waals surface area contributed by atoms with Crippen molar-refractivity contribution in [3.8, 4) is 5.75 Å². The van der Waals surface area contributed by atoms with Crippen molar-refractivity contribution >= 4 is 5.97 Å². The number of benzene rings is 1. The van der Waals surface area contributed by atoms with E-state index in [0.29, 0.717) is 0 Å². The highest BCUT2D eigenvalue weighted by atomic mass is 16.4. The van der Waals surface area contributed by atoms with E-state index in [1.807, 2.05) is 0 Å². The van der Waals surface area contributed by atoms with Crippen molar-refractivity contribution in [2.75, 3.05) is 0 Å². The second kappa shape index (κ2) is 4.08. The minimum Gasteiger partial charge on any atom is -0.508 e. The van der Waals surface area contributed by atoms with Crippen LogP contribution in [0.5, 0.6) is 5.75 Å². The molecule has 0 aliphatic heterocycles. The summed E-state index contributed by atoms with van der Waals surface area (Å²) in [6.07, 6.45) is 0. The summed E-state index contributed by atoms with van der Waals surface area (Å²) in [4.78, 5) is 10.8. The number of phenolic OH excluding ortho intramolecular Hbond substituents is 1. The highest BCUT2D eigenvalue weighted by Crippen LogP contribution is 2.22. The van der Waals surface area contributed by atoms with Crippen LogP contribution in [0.2, 0.25) is 0 Å². The van der Waals surface area contributed by atoms with E-state index in [9.17, 15) is 4.79 Å². The van der Waals surface area contributed by atoms with E-state index in [2.05, 4.69) is 0 Å². The predicted molar refractivity (Wildman–Crippen MR) is 46.9 cm³/mol. The lowest BCUT2D eigenvalue weighted by atomic mass is 10.0. The molecule has 0 aliphatic rings. The molecule has 0 heterocycles. The Hall–Kier alpha value is -1.59. The molecule has 0 unspecified atom stereocenters. The van der Waals surface area contributed by atoms with E-state index in [1.165, 1.54) is 0 Å². The second-order valence-electron chi connectivity index (χ2n) is 2.76. The first kappa shape index (κ1) is 10.5. The van der Waals surface area contributed by atoms with Crippen LogP contribution in [0.4, 0.5) is 0 Å². The zero-order valence-corrected chi connectivity index (χ0v) is 7.27. The van der Waals surface area contributed by atoms with Gasteiger partial charge in [-0.05, 0) is 23.3 Å². The average Bonchev–Trinajstić information content (AvgIpc) is 2.15. The maximum Gasteiger partial charge on any atom is 0.336 e. The van der Waals surface area contributed by atoms with Crippen LogP contribution in [0.15, 0.2) is 12.1 Å². The van der Waals surface area contributed by atoms with Crippen LogP contribution in [0.3, 0.4) is 0 Å². The van der Waals surface area contributed by atoms with Gasteiger partial charge in [0.15, 0.2) is 0 Å². The maximum atomic E-state index is 10.8. The van der Waals surface area contributed by atoms with Crippen LogP contribution < -0.4 is 0 Å². The van der Waals surface area contributed by atoms with Gasteiger partial charge in [-0.1, -0.05) is 0 Å². The van der Waals surface area contributed by atoms with Gasteiger partial charge in [-0.2, -0.15) is 0 Å². The molecule has 1 aromatic rings. The number of phenols is 1. The van der Waals surface area contributed by atoms with Crippen molar-refractivity contribution in [3.63, 3.8) is 0 Å². The fourth-order valence-corrected chi connectivity index (χ4v) is 1.27. The van der Waals surface area contributed by atoms with Crippen molar-refractivity contribution in [3.05, 3.63) is 28.8 Å². The van der Waals surface area contributed by atoms with Gasteiger partial charge in [0.1, 0.15) is 5.75 Å². The molecule has 0 aromatic heterocycles. The maximum absolute atomic E-state index is 10.8. The van der Waals surface area contributed by atoms with Crippen LogP contribution in [-0.4, -0.2) is 26.4 Å². The molecular formula is C9H10O5. The predicted octanol–water partition coefficient (Wildman–Crippen LogP) is 0.0750. The van der Waals surface area contributed by atoms with Crippen LogP contribution >= 0.6 is 0 Å². The minimum absolute atomic E-state index is 0.0848. The van der Waals surface area contributed by atoms with E-state index >= 15 is 0 Å².